The van der Waals surface area contributed by atoms with E-state index in [0.717, 1.165) is 28.1 Å². The van der Waals surface area contributed by atoms with Crippen LogP contribution in [0.4, 0.5) is 0 Å². The maximum Gasteiger partial charge on any atom is 0.141 e. The van der Waals surface area contributed by atoms with Gasteiger partial charge in [-0.2, -0.15) is 0 Å². The van der Waals surface area contributed by atoms with Crippen molar-refractivity contribution < 1.29 is 9.63 Å². The first kappa shape index (κ1) is 22.7. The van der Waals surface area contributed by atoms with Gasteiger partial charge in [0.2, 0.25) is 0 Å². The van der Waals surface area contributed by atoms with Gasteiger partial charge in [-0.05, 0) is 48.3 Å². The Hall–Kier alpha value is -2.55. The first-order valence-electron chi connectivity index (χ1n) is 10.1. The molecule has 0 amide bonds. The number of phenolic OH excluding ortho intramolecular Hbond substituents is 1. The van der Waals surface area contributed by atoms with Gasteiger partial charge in [-0.3, -0.25) is 0 Å². The van der Waals surface area contributed by atoms with Crippen LogP contribution in [-0.4, -0.2) is 10.3 Å². The smallest absolute Gasteiger partial charge is 0.141 e. The van der Waals surface area contributed by atoms with Crippen molar-refractivity contribution in [3.63, 3.8) is 0 Å². The molecule has 0 bridgehead atoms. The van der Waals surface area contributed by atoms with Crippen molar-refractivity contribution >= 4 is 0 Å². The molecule has 0 aliphatic rings. The first-order valence-corrected chi connectivity index (χ1v) is 10.1. The lowest BCUT2D eigenvalue weighted by Crippen LogP contribution is -2.16. The molecule has 0 aliphatic carbocycles. The highest BCUT2D eigenvalue weighted by Gasteiger charge is 2.24. The molecule has 2 aromatic carbocycles. The predicted molar refractivity (Wildman–Crippen MR) is 122 cm³/mol. The third-order valence-electron chi connectivity index (χ3n) is 5.03. The molecule has 0 unspecified atom stereocenters. The fourth-order valence-electron chi connectivity index (χ4n) is 3.37. The summed E-state index contributed by atoms with van der Waals surface area (Å²) < 4.78 is 5.13. The van der Waals surface area contributed by atoms with E-state index in [-0.39, 0.29) is 10.8 Å². The molecule has 3 aromatic rings. The number of aromatic nitrogens is 1. The van der Waals surface area contributed by atoms with E-state index in [9.17, 15) is 5.11 Å². The van der Waals surface area contributed by atoms with Gasteiger partial charge in [0.25, 0.3) is 0 Å². The summed E-state index contributed by atoms with van der Waals surface area (Å²) in [5, 5.41) is 14.2. The van der Waals surface area contributed by atoms with Crippen LogP contribution in [0.5, 0.6) is 5.75 Å². The maximum absolute atomic E-state index is 10.3. The average Bonchev–Trinajstić information content (AvgIpc) is 2.93. The molecule has 156 valence electrons. The topological polar surface area (TPSA) is 46.3 Å². The molecule has 3 nitrogen and oxygen atoms in total. The van der Waals surface area contributed by atoms with Crippen LogP contribution in [0.15, 0.2) is 47.0 Å². The van der Waals surface area contributed by atoms with Gasteiger partial charge in [0, 0.05) is 5.56 Å². The van der Waals surface area contributed by atoms with Crippen molar-refractivity contribution in [2.75, 3.05) is 0 Å². The molecule has 0 aliphatic heterocycles. The number of aryl methyl sites for hydroxylation is 3. The van der Waals surface area contributed by atoms with Gasteiger partial charge < -0.3 is 9.63 Å². The largest absolute Gasteiger partial charge is 0.507 e. The third kappa shape index (κ3) is 5.50. The van der Waals surface area contributed by atoms with Crippen LogP contribution in [0.1, 0.15) is 69.7 Å². The van der Waals surface area contributed by atoms with Crippen LogP contribution >= 0.6 is 0 Å². The van der Waals surface area contributed by atoms with Gasteiger partial charge in [-0.25, -0.2) is 0 Å². The first-order chi connectivity index (χ1) is 13.3. The third-order valence-corrected chi connectivity index (χ3v) is 5.03. The lowest BCUT2D eigenvalue weighted by atomic mass is 9.80. The Bertz CT molecular complexity index is 900. The Balaban J connectivity index is 0.000000207. The minimum Gasteiger partial charge on any atom is -0.507 e. The zero-order chi connectivity index (χ0) is 22.0. The minimum absolute atomic E-state index is 0.00859. The molecule has 3 rings (SSSR count). The van der Waals surface area contributed by atoms with Crippen LogP contribution in [0.25, 0.3) is 11.1 Å². The number of nitrogens with zero attached hydrogens (tertiary/aromatic N) is 1. The van der Waals surface area contributed by atoms with Crippen molar-refractivity contribution in [3.8, 4) is 16.9 Å². The van der Waals surface area contributed by atoms with Gasteiger partial charge >= 0.3 is 0 Å². The molecule has 29 heavy (non-hydrogen) atoms. The quantitative estimate of drug-likeness (QED) is 0.473. The SMILES string of the molecule is CC(C)(C)c1cccc(C(C)(C)C)c1O.Cc1ccc(-c2c(C)noc2C)cc1. The molecule has 0 saturated heterocycles. The van der Waals surface area contributed by atoms with Gasteiger partial charge in [0.05, 0.1) is 5.69 Å². The Labute approximate surface area is 175 Å². The lowest BCUT2D eigenvalue weighted by molar-refractivity contribution is 0.393. The summed E-state index contributed by atoms with van der Waals surface area (Å²) in [5.74, 6) is 1.34. The molecule has 0 fully saturated rings. The van der Waals surface area contributed by atoms with Gasteiger partial charge in [-0.1, -0.05) is 94.7 Å². The number of rotatable bonds is 1. The van der Waals surface area contributed by atoms with E-state index in [4.69, 9.17) is 4.52 Å². The van der Waals surface area contributed by atoms with Gasteiger partial charge in [-0.15, -0.1) is 0 Å². The molecule has 1 heterocycles. The van der Waals surface area contributed by atoms with E-state index in [0.29, 0.717) is 5.75 Å². The van der Waals surface area contributed by atoms with Crippen LogP contribution < -0.4 is 0 Å². The summed E-state index contributed by atoms with van der Waals surface area (Å²) in [5.41, 5.74) is 6.53. The maximum atomic E-state index is 10.3. The van der Waals surface area contributed by atoms with Crippen molar-refractivity contribution in [1.29, 1.82) is 0 Å². The number of hydrogen-bond donors (Lipinski definition) is 1. The monoisotopic (exact) mass is 393 g/mol. The molecular weight excluding hydrogens is 358 g/mol. The summed E-state index contributed by atoms with van der Waals surface area (Å²) in [4.78, 5) is 0. The molecule has 0 radical (unpaired) electrons. The summed E-state index contributed by atoms with van der Waals surface area (Å²) in [6, 6.07) is 14.4. The van der Waals surface area contributed by atoms with Crippen molar-refractivity contribution in [3.05, 3.63) is 70.6 Å². The molecule has 0 atom stereocenters. The normalized spacial score (nSPS) is 11.8. The standard InChI is InChI=1S/C14H22O.C12H13NO/c1-13(2,3)10-8-7-9-11(12(10)15)14(4,5)6;1-8-4-6-11(7-5-8)12-9(2)13-14-10(12)3/h7-9,15H,1-6H3;4-7H,1-3H3. The second kappa shape index (κ2) is 8.44. The van der Waals surface area contributed by atoms with Crippen molar-refractivity contribution in [2.45, 2.75) is 73.1 Å². The summed E-state index contributed by atoms with van der Waals surface area (Å²) in [6.07, 6.45) is 0. The number of hydrogen-bond acceptors (Lipinski definition) is 3. The highest BCUT2D eigenvalue weighted by atomic mass is 16.5. The van der Waals surface area contributed by atoms with Crippen LogP contribution in [-0.2, 0) is 10.8 Å². The number of benzene rings is 2. The highest BCUT2D eigenvalue weighted by molar-refractivity contribution is 5.67. The molecule has 3 heteroatoms. The zero-order valence-electron chi connectivity index (χ0n) is 19.3. The number of aromatic hydroxyl groups is 1. The van der Waals surface area contributed by atoms with Gasteiger partial charge in [0.15, 0.2) is 0 Å². The van der Waals surface area contributed by atoms with E-state index in [1.54, 1.807) is 0 Å². The fraction of sp³-hybridized carbons (Fsp3) is 0.423. The average molecular weight is 394 g/mol. The van der Waals surface area contributed by atoms with Crippen molar-refractivity contribution in [2.24, 2.45) is 0 Å². The van der Waals surface area contributed by atoms with E-state index in [1.165, 1.54) is 11.1 Å². The van der Waals surface area contributed by atoms with Gasteiger partial charge in [0.1, 0.15) is 11.5 Å². The van der Waals surface area contributed by atoms with Crippen LogP contribution in [0.3, 0.4) is 0 Å². The Morgan fingerprint density at radius 2 is 1.24 bits per heavy atom. The minimum atomic E-state index is -0.00859. The van der Waals surface area contributed by atoms with Crippen LogP contribution in [0, 0.1) is 20.8 Å². The molecule has 1 N–H and O–H groups in total. The molecular formula is C26H35NO2. The molecule has 0 saturated carbocycles. The summed E-state index contributed by atoms with van der Waals surface area (Å²) in [6.45, 7) is 18.7. The number of para-hydroxylation sites is 1. The lowest BCUT2D eigenvalue weighted by Gasteiger charge is -2.26. The predicted octanol–water partition coefficient (Wildman–Crippen LogP) is 7.25. The molecule has 1 aromatic heterocycles. The van der Waals surface area contributed by atoms with E-state index in [2.05, 4.69) is 77.9 Å². The number of phenols is 1. The van der Waals surface area contributed by atoms with E-state index < -0.39 is 0 Å². The zero-order valence-corrected chi connectivity index (χ0v) is 19.3. The van der Waals surface area contributed by atoms with Crippen LogP contribution in [0.2, 0.25) is 0 Å². The van der Waals surface area contributed by atoms with E-state index >= 15 is 0 Å². The Morgan fingerprint density at radius 1 is 0.759 bits per heavy atom. The summed E-state index contributed by atoms with van der Waals surface area (Å²) in [7, 11) is 0. The second-order valence-corrected chi connectivity index (χ2v) is 9.77. The highest BCUT2D eigenvalue weighted by Crippen LogP contribution is 2.38. The summed E-state index contributed by atoms with van der Waals surface area (Å²) >= 11 is 0. The van der Waals surface area contributed by atoms with E-state index in [1.807, 2.05) is 32.0 Å². The second-order valence-electron chi connectivity index (χ2n) is 9.77. The Morgan fingerprint density at radius 3 is 1.62 bits per heavy atom. The van der Waals surface area contributed by atoms with Crippen molar-refractivity contribution in [1.82, 2.24) is 5.16 Å². The molecule has 0 spiro atoms. The fourth-order valence-corrected chi connectivity index (χ4v) is 3.37. The Kier molecular flexibility index (Phi) is 6.62.